The number of aromatic nitrogens is 3. The van der Waals surface area contributed by atoms with Crippen LogP contribution in [0.5, 0.6) is 0 Å². The quantitative estimate of drug-likeness (QED) is 0.204. The Bertz CT molecular complexity index is 2380. The van der Waals surface area contributed by atoms with Gasteiger partial charge in [0.15, 0.2) is 5.69 Å². The number of hydrogen-bond donors (Lipinski definition) is 2. The molecule has 4 heterocycles. The van der Waals surface area contributed by atoms with Gasteiger partial charge >= 0.3 is 12.1 Å². The predicted octanol–water partition coefficient (Wildman–Crippen LogP) is 5.91. The first-order chi connectivity index (χ1) is 23.2. The molecule has 7 rings (SSSR count). The highest BCUT2D eigenvalue weighted by Gasteiger charge is 2.44. The van der Waals surface area contributed by atoms with Gasteiger partial charge in [-0.2, -0.15) is 18.3 Å². The second-order valence-corrected chi connectivity index (χ2v) is 12.0. The molecule has 1 aliphatic rings. The fourth-order valence-electron chi connectivity index (χ4n) is 6.43. The van der Waals surface area contributed by atoms with Crippen molar-refractivity contribution < 1.29 is 36.6 Å². The van der Waals surface area contributed by atoms with Crippen LogP contribution in [-0.2, 0) is 24.4 Å². The predicted molar refractivity (Wildman–Crippen MR) is 172 cm³/mol. The van der Waals surface area contributed by atoms with Crippen LogP contribution in [0.25, 0.3) is 38.3 Å². The number of carboxylic acids is 1. The van der Waals surface area contributed by atoms with Crippen molar-refractivity contribution in [1.29, 1.82) is 0 Å². The van der Waals surface area contributed by atoms with Gasteiger partial charge in [0, 0.05) is 18.9 Å². The van der Waals surface area contributed by atoms with E-state index in [2.05, 4.69) is 10.4 Å². The minimum absolute atomic E-state index is 0.0277. The number of benzene rings is 3. The van der Waals surface area contributed by atoms with Crippen LogP contribution in [0.4, 0.5) is 27.6 Å². The minimum Gasteiger partial charge on any atom is -0.480 e. The van der Waals surface area contributed by atoms with E-state index in [1.165, 1.54) is 63.6 Å². The number of nitrogens with one attached hydrogen (secondary N) is 1. The molecule has 1 amide bonds. The van der Waals surface area contributed by atoms with Crippen LogP contribution in [0.15, 0.2) is 89.9 Å². The molecule has 2 N–H and O–H groups in total. The van der Waals surface area contributed by atoms with E-state index in [4.69, 9.17) is 0 Å². The van der Waals surface area contributed by atoms with Crippen molar-refractivity contribution in [2.24, 2.45) is 7.05 Å². The maximum atomic E-state index is 14.7. The summed E-state index contributed by atoms with van der Waals surface area (Å²) in [6.07, 6.45) is -3.62. The number of rotatable bonds is 7. The number of aryl methyl sites for hydroxylation is 1. The number of amides is 1. The largest absolute Gasteiger partial charge is 0.480 e. The lowest BCUT2D eigenvalue weighted by Gasteiger charge is -2.40. The molecule has 0 unspecified atom stereocenters. The van der Waals surface area contributed by atoms with Crippen molar-refractivity contribution in [3.05, 3.63) is 112 Å². The molecule has 1 saturated heterocycles. The third kappa shape index (κ3) is 5.62. The van der Waals surface area contributed by atoms with Gasteiger partial charge in [-0.3, -0.25) is 9.59 Å². The number of carbonyl (C=O) groups excluding carboxylic acids is 1. The SMILES string of the molecule is Cn1c(=O)c(-c2cccc3c(C[C@H](NC(=O)c4cc5ccc(N6CC(F)(F)C6)cn5n4)C(=O)O)cccc23)c(C(F)(F)F)c2ccccc21. The molecule has 1 aliphatic heterocycles. The van der Waals surface area contributed by atoms with Gasteiger partial charge < -0.3 is 19.9 Å². The molecule has 250 valence electrons. The van der Waals surface area contributed by atoms with E-state index in [0.717, 1.165) is 0 Å². The molecule has 0 aliphatic carbocycles. The third-order valence-electron chi connectivity index (χ3n) is 8.78. The Kier molecular flexibility index (Phi) is 7.41. The van der Waals surface area contributed by atoms with E-state index in [0.29, 0.717) is 27.5 Å². The summed E-state index contributed by atoms with van der Waals surface area (Å²) in [5, 5.41) is 17.3. The third-order valence-corrected chi connectivity index (χ3v) is 8.78. The van der Waals surface area contributed by atoms with E-state index >= 15 is 0 Å². The fraction of sp³-hybridized carbons (Fsp3) is 0.200. The number of fused-ring (bicyclic) bond motifs is 3. The molecule has 0 saturated carbocycles. The lowest BCUT2D eigenvalue weighted by Crippen LogP contribution is -2.56. The second kappa shape index (κ2) is 11.4. The maximum absolute atomic E-state index is 14.7. The van der Waals surface area contributed by atoms with Crippen molar-refractivity contribution in [2.45, 2.75) is 24.6 Å². The number of pyridine rings is 2. The first-order valence-corrected chi connectivity index (χ1v) is 15.1. The van der Waals surface area contributed by atoms with Crippen molar-refractivity contribution in [3.63, 3.8) is 0 Å². The van der Waals surface area contributed by atoms with E-state index in [9.17, 15) is 41.4 Å². The number of nitrogens with zero attached hydrogens (tertiary/aromatic N) is 4. The number of carboxylic acid groups (broad SMARTS) is 1. The average molecular weight is 676 g/mol. The maximum Gasteiger partial charge on any atom is 0.417 e. The Labute approximate surface area is 273 Å². The zero-order valence-corrected chi connectivity index (χ0v) is 25.6. The summed E-state index contributed by atoms with van der Waals surface area (Å²) in [7, 11) is 1.40. The van der Waals surface area contributed by atoms with Crippen LogP contribution in [0.2, 0.25) is 0 Å². The van der Waals surface area contributed by atoms with Crippen LogP contribution < -0.4 is 15.8 Å². The Morgan fingerprint density at radius 3 is 2.37 bits per heavy atom. The van der Waals surface area contributed by atoms with Crippen LogP contribution in [-0.4, -0.2) is 56.2 Å². The molecule has 0 spiro atoms. The summed E-state index contributed by atoms with van der Waals surface area (Å²) in [5.74, 6) is -4.95. The molecular weight excluding hydrogens is 649 g/mol. The zero-order chi connectivity index (χ0) is 34.8. The van der Waals surface area contributed by atoms with Crippen molar-refractivity contribution in [3.8, 4) is 11.1 Å². The van der Waals surface area contributed by atoms with Crippen molar-refractivity contribution >= 4 is 44.8 Å². The number of para-hydroxylation sites is 1. The van der Waals surface area contributed by atoms with Gasteiger partial charge in [-0.15, -0.1) is 0 Å². The number of anilines is 1. The smallest absolute Gasteiger partial charge is 0.417 e. The van der Waals surface area contributed by atoms with Gasteiger partial charge in [-0.1, -0.05) is 54.6 Å². The summed E-state index contributed by atoms with van der Waals surface area (Å²) in [4.78, 5) is 40.6. The lowest BCUT2D eigenvalue weighted by atomic mass is 9.90. The number of hydrogen-bond acceptors (Lipinski definition) is 5. The Balaban J connectivity index is 1.22. The molecular formula is C35H26F5N5O4. The molecule has 14 heteroatoms. The monoisotopic (exact) mass is 675 g/mol. The number of alkyl halides is 5. The van der Waals surface area contributed by atoms with Gasteiger partial charge in [-0.25, -0.2) is 18.1 Å². The highest BCUT2D eigenvalue weighted by molar-refractivity contribution is 6.02. The molecule has 9 nitrogen and oxygen atoms in total. The Hall–Kier alpha value is -5.79. The summed E-state index contributed by atoms with van der Waals surface area (Å²) in [6, 6.07) is 18.2. The Morgan fingerprint density at radius 2 is 1.65 bits per heavy atom. The molecule has 0 bridgehead atoms. The second-order valence-electron chi connectivity index (χ2n) is 12.0. The molecule has 1 fully saturated rings. The van der Waals surface area contributed by atoms with Crippen LogP contribution in [0, 0.1) is 0 Å². The molecule has 0 radical (unpaired) electrons. The highest BCUT2D eigenvalue weighted by Crippen LogP contribution is 2.42. The summed E-state index contributed by atoms with van der Waals surface area (Å²) < 4.78 is 73.2. The fourth-order valence-corrected chi connectivity index (χ4v) is 6.43. The standard InChI is InChI=1S/C35H26F5N5O4/c1-43-28-11-3-2-7-25(28)30(35(38,39)40)29(32(43)47)24-10-5-8-22-19(6-4-9-23(22)24)14-27(33(48)49)41-31(46)26-15-20-12-13-21(16-45(20)42-26)44-17-34(36,37)18-44/h2-13,15-16,27H,14,17-18H2,1H3,(H,41,46)(H,48,49)/t27-/m0/s1. The normalized spacial score (nSPS) is 15.0. The topological polar surface area (TPSA) is 109 Å². The lowest BCUT2D eigenvalue weighted by molar-refractivity contribution is -0.139. The van der Waals surface area contributed by atoms with Crippen LogP contribution in [0.1, 0.15) is 21.6 Å². The van der Waals surface area contributed by atoms with E-state index in [1.54, 1.807) is 42.5 Å². The molecule has 3 aromatic carbocycles. The molecule has 3 aromatic heterocycles. The molecule has 6 aromatic rings. The van der Waals surface area contributed by atoms with E-state index < -0.39 is 59.8 Å². The van der Waals surface area contributed by atoms with E-state index in [-0.39, 0.29) is 28.6 Å². The van der Waals surface area contributed by atoms with Crippen LogP contribution in [0.3, 0.4) is 0 Å². The summed E-state index contributed by atoms with van der Waals surface area (Å²) >= 11 is 0. The van der Waals surface area contributed by atoms with E-state index in [1.807, 2.05) is 0 Å². The first kappa shape index (κ1) is 31.8. The first-order valence-electron chi connectivity index (χ1n) is 15.1. The summed E-state index contributed by atoms with van der Waals surface area (Å²) in [5.41, 5.74) is -1.03. The van der Waals surface area contributed by atoms with Gasteiger partial charge in [0.1, 0.15) is 6.04 Å². The van der Waals surface area contributed by atoms with Gasteiger partial charge in [0.2, 0.25) is 0 Å². The van der Waals surface area contributed by atoms with Crippen molar-refractivity contribution in [1.82, 2.24) is 19.5 Å². The molecule has 1 atom stereocenters. The molecule has 49 heavy (non-hydrogen) atoms. The zero-order valence-electron chi connectivity index (χ0n) is 25.6. The number of aliphatic carboxylic acids is 1. The van der Waals surface area contributed by atoms with Crippen molar-refractivity contribution in [2.75, 3.05) is 18.0 Å². The van der Waals surface area contributed by atoms with Gasteiger partial charge in [-0.05, 0) is 46.2 Å². The minimum atomic E-state index is -4.87. The van der Waals surface area contributed by atoms with Gasteiger partial charge in [0.05, 0.1) is 47.1 Å². The summed E-state index contributed by atoms with van der Waals surface area (Å²) in [6.45, 7) is -0.878. The highest BCUT2D eigenvalue weighted by atomic mass is 19.4. The van der Waals surface area contributed by atoms with Crippen LogP contribution >= 0.6 is 0 Å². The number of halogens is 5. The Morgan fingerprint density at radius 1 is 0.959 bits per heavy atom. The number of carbonyl (C=O) groups is 2. The van der Waals surface area contributed by atoms with Gasteiger partial charge in [0.25, 0.3) is 17.4 Å². The average Bonchev–Trinajstić information content (AvgIpc) is 3.48.